The van der Waals surface area contributed by atoms with Crippen molar-refractivity contribution in [1.29, 1.82) is 0 Å². The van der Waals surface area contributed by atoms with Crippen LogP contribution in [0.1, 0.15) is 38.3 Å². The standard InChI is InChI=1S/C29H29ClN2O5/c1-3-5-17-36-23-16-11-19(18-24(23)35-4-2)26-25-27(37-32(26)22-9-7-6-8-10-22)29(34)31(28(25)33)21-14-12-20(30)13-15-21/h6-16,18,25-27H,3-5,17H2,1-2H3/t25-,26-,27+/m1/s1. The van der Waals surface area contributed by atoms with Crippen LogP contribution in [0.3, 0.4) is 0 Å². The normalized spacial score (nSPS) is 20.9. The summed E-state index contributed by atoms with van der Waals surface area (Å²) in [5.74, 6) is -0.215. The minimum atomic E-state index is -0.954. The number of hydroxylamine groups is 1. The number of hydrogen-bond donors (Lipinski definition) is 0. The molecule has 0 aliphatic carbocycles. The number of ether oxygens (including phenoxy) is 2. The predicted molar refractivity (Wildman–Crippen MR) is 142 cm³/mol. The first kappa shape index (κ1) is 25.1. The molecule has 3 aromatic rings. The number of nitrogens with zero attached hydrogens (tertiary/aromatic N) is 2. The maximum absolute atomic E-state index is 13.8. The van der Waals surface area contributed by atoms with E-state index in [0.29, 0.717) is 35.4 Å². The van der Waals surface area contributed by atoms with Crippen LogP contribution in [0.25, 0.3) is 0 Å². The summed E-state index contributed by atoms with van der Waals surface area (Å²) in [7, 11) is 0. The van der Waals surface area contributed by atoms with Gasteiger partial charge in [0.05, 0.1) is 30.6 Å². The van der Waals surface area contributed by atoms with Crippen LogP contribution >= 0.6 is 11.6 Å². The van der Waals surface area contributed by atoms with Gasteiger partial charge in [-0.1, -0.05) is 49.2 Å². The highest BCUT2D eigenvalue weighted by Crippen LogP contribution is 2.48. The summed E-state index contributed by atoms with van der Waals surface area (Å²) in [5, 5.41) is 2.20. The largest absolute Gasteiger partial charge is 0.490 e. The molecule has 8 heteroatoms. The SMILES string of the molecule is CCCCOc1ccc([C@@H]2[C@H]3C(=O)N(c4ccc(Cl)cc4)C(=O)[C@H]3ON2c2ccccc2)cc1OCC. The Bertz CT molecular complexity index is 1270. The van der Waals surface area contributed by atoms with Crippen LogP contribution in [0.4, 0.5) is 11.4 Å². The van der Waals surface area contributed by atoms with Crippen molar-refractivity contribution in [3.63, 3.8) is 0 Å². The van der Waals surface area contributed by atoms with Gasteiger partial charge in [0.25, 0.3) is 5.91 Å². The molecule has 5 rings (SSSR count). The highest BCUT2D eigenvalue weighted by atomic mass is 35.5. The first-order valence-corrected chi connectivity index (χ1v) is 12.9. The number of imide groups is 1. The van der Waals surface area contributed by atoms with E-state index in [1.54, 1.807) is 29.3 Å². The van der Waals surface area contributed by atoms with E-state index in [1.807, 2.05) is 55.5 Å². The van der Waals surface area contributed by atoms with Crippen molar-refractivity contribution in [3.8, 4) is 11.5 Å². The second-order valence-corrected chi connectivity index (χ2v) is 9.42. The number of benzene rings is 3. The van der Waals surface area contributed by atoms with Crippen LogP contribution in [-0.4, -0.2) is 31.1 Å². The lowest BCUT2D eigenvalue weighted by atomic mass is 9.90. The number of carbonyl (C=O) groups excluding carboxylic acids is 2. The fourth-order valence-corrected chi connectivity index (χ4v) is 4.95. The molecule has 0 saturated carbocycles. The van der Waals surface area contributed by atoms with E-state index < -0.39 is 24.0 Å². The number of para-hydroxylation sites is 1. The Balaban J connectivity index is 1.55. The second kappa shape index (κ2) is 10.8. The zero-order chi connectivity index (χ0) is 25.9. The van der Waals surface area contributed by atoms with Gasteiger partial charge in [-0.05, 0) is 67.4 Å². The van der Waals surface area contributed by atoms with E-state index in [2.05, 4.69) is 6.92 Å². The highest BCUT2D eigenvalue weighted by molar-refractivity contribution is 6.31. The van der Waals surface area contributed by atoms with E-state index in [-0.39, 0.29) is 5.91 Å². The molecule has 37 heavy (non-hydrogen) atoms. The number of rotatable bonds is 9. The van der Waals surface area contributed by atoms with Crippen LogP contribution in [0.2, 0.25) is 5.02 Å². The van der Waals surface area contributed by atoms with E-state index in [0.717, 1.165) is 24.1 Å². The number of halogens is 1. The fraction of sp³-hybridized carbons (Fsp3) is 0.310. The molecule has 2 fully saturated rings. The molecule has 0 aromatic heterocycles. The third kappa shape index (κ3) is 4.77. The maximum Gasteiger partial charge on any atom is 0.266 e. The van der Waals surface area contributed by atoms with Crippen molar-refractivity contribution < 1.29 is 23.9 Å². The Morgan fingerprint density at radius 2 is 1.62 bits per heavy atom. The molecule has 2 heterocycles. The summed E-state index contributed by atoms with van der Waals surface area (Å²) < 4.78 is 11.9. The van der Waals surface area contributed by atoms with Gasteiger partial charge < -0.3 is 9.47 Å². The van der Waals surface area contributed by atoms with Gasteiger partial charge >= 0.3 is 0 Å². The van der Waals surface area contributed by atoms with Crippen LogP contribution in [-0.2, 0) is 14.4 Å². The summed E-state index contributed by atoms with van der Waals surface area (Å²) in [6, 6.07) is 21.2. The molecule has 2 amide bonds. The van der Waals surface area contributed by atoms with Crippen molar-refractivity contribution >= 4 is 34.8 Å². The molecule has 3 atom stereocenters. The number of hydrogen-bond acceptors (Lipinski definition) is 6. The molecule has 3 aromatic carbocycles. The summed E-state index contributed by atoms with van der Waals surface area (Å²) >= 11 is 6.03. The van der Waals surface area contributed by atoms with Crippen molar-refractivity contribution in [2.75, 3.05) is 23.2 Å². The minimum absolute atomic E-state index is 0.318. The lowest BCUT2D eigenvalue weighted by molar-refractivity contribution is -0.126. The average Bonchev–Trinajstić information content (AvgIpc) is 3.42. The highest BCUT2D eigenvalue weighted by Gasteiger charge is 2.60. The predicted octanol–water partition coefficient (Wildman–Crippen LogP) is 5.97. The number of carbonyl (C=O) groups is 2. The van der Waals surface area contributed by atoms with Gasteiger partial charge in [-0.3, -0.25) is 14.4 Å². The third-order valence-corrected chi connectivity index (χ3v) is 6.83. The van der Waals surface area contributed by atoms with Gasteiger partial charge in [0.2, 0.25) is 5.91 Å². The summed E-state index contributed by atoms with van der Waals surface area (Å²) in [6.07, 6.45) is 1.01. The molecule has 0 unspecified atom stereocenters. The van der Waals surface area contributed by atoms with Gasteiger partial charge in [0.15, 0.2) is 17.6 Å². The monoisotopic (exact) mass is 520 g/mol. The number of fused-ring (bicyclic) bond motifs is 1. The molecule has 2 saturated heterocycles. The summed E-state index contributed by atoms with van der Waals surface area (Å²) in [5.41, 5.74) is 2.01. The molecule has 0 bridgehead atoms. The van der Waals surface area contributed by atoms with Crippen LogP contribution in [0, 0.1) is 5.92 Å². The maximum atomic E-state index is 13.8. The van der Waals surface area contributed by atoms with Gasteiger partial charge in [-0.2, -0.15) is 0 Å². The zero-order valence-electron chi connectivity index (χ0n) is 20.8. The average molecular weight is 521 g/mol. The first-order valence-electron chi connectivity index (χ1n) is 12.6. The molecule has 192 valence electrons. The second-order valence-electron chi connectivity index (χ2n) is 8.99. The fourth-order valence-electron chi connectivity index (χ4n) is 4.82. The lowest BCUT2D eigenvalue weighted by Crippen LogP contribution is -2.37. The zero-order valence-corrected chi connectivity index (χ0v) is 21.6. The molecule has 2 aliphatic rings. The first-order chi connectivity index (χ1) is 18.0. The van der Waals surface area contributed by atoms with E-state index in [4.69, 9.17) is 25.9 Å². The molecule has 0 N–H and O–H groups in total. The molecule has 0 spiro atoms. The minimum Gasteiger partial charge on any atom is -0.490 e. The Labute approximate surface area is 221 Å². The van der Waals surface area contributed by atoms with Crippen molar-refractivity contribution in [2.24, 2.45) is 5.92 Å². The van der Waals surface area contributed by atoms with Crippen molar-refractivity contribution in [3.05, 3.63) is 83.4 Å². The smallest absolute Gasteiger partial charge is 0.266 e. The van der Waals surface area contributed by atoms with Crippen molar-refractivity contribution in [2.45, 2.75) is 38.8 Å². The summed E-state index contributed by atoms with van der Waals surface area (Å²) in [6.45, 7) is 5.08. The summed E-state index contributed by atoms with van der Waals surface area (Å²) in [4.78, 5) is 34.7. The topological polar surface area (TPSA) is 68.3 Å². The van der Waals surface area contributed by atoms with E-state index >= 15 is 0 Å². The Morgan fingerprint density at radius 1 is 0.865 bits per heavy atom. The van der Waals surface area contributed by atoms with Gasteiger partial charge in [-0.25, -0.2) is 9.96 Å². The van der Waals surface area contributed by atoms with Gasteiger partial charge in [0, 0.05) is 5.02 Å². The number of anilines is 2. The molecule has 7 nitrogen and oxygen atoms in total. The Kier molecular flexibility index (Phi) is 7.35. The number of unbranched alkanes of at least 4 members (excludes halogenated alkanes) is 1. The Hall–Kier alpha value is -3.55. The third-order valence-electron chi connectivity index (χ3n) is 6.58. The van der Waals surface area contributed by atoms with Crippen molar-refractivity contribution in [1.82, 2.24) is 0 Å². The molecular weight excluding hydrogens is 492 g/mol. The van der Waals surface area contributed by atoms with E-state index in [1.165, 1.54) is 4.90 Å². The van der Waals surface area contributed by atoms with Crippen LogP contribution < -0.4 is 19.4 Å². The molecule has 0 radical (unpaired) electrons. The molecular formula is C29H29ClN2O5. The van der Waals surface area contributed by atoms with Crippen LogP contribution in [0.15, 0.2) is 72.8 Å². The van der Waals surface area contributed by atoms with Gasteiger partial charge in [-0.15, -0.1) is 0 Å². The quantitative estimate of drug-likeness (QED) is 0.256. The number of amides is 2. The lowest BCUT2D eigenvalue weighted by Gasteiger charge is -2.29. The van der Waals surface area contributed by atoms with Gasteiger partial charge in [0.1, 0.15) is 5.92 Å². The van der Waals surface area contributed by atoms with Crippen LogP contribution in [0.5, 0.6) is 11.5 Å². The molecule has 2 aliphatic heterocycles. The van der Waals surface area contributed by atoms with E-state index in [9.17, 15) is 9.59 Å². The Morgan fingerprint density at radius 3 is 2.32 bits per heavy atom.